The van der Waals surface area contributed by atoms with Crippen molar-refractivity contribution in [2.45, 2.75) is 57.7 Å². The second kappa shape index (κ2) is 11.8. The minimum absolute atomic E-state index is 0.0677. The van der Waals surface area contributed by atoms with Crippen molar-refractivity contribution in [1.29, 1.82) is 0 Å². The third kappa shape index (κ3) is 8.30. The van der Waals surface area contributed by atoms with Crippen LogP contribution in [0.1, 0.15) is 38.7 Å². The van der Waals surface area contributed by atoms with Crippen LogP contribution >= 0.6 is 0 Å². The fourth-order valence-electron chi connectivity index (χ4n) is 2.68. The molecule has 0 saturated carbocycles. The Morgan fingerprint density at radius 1 is 1.03 bits per heavy atom. The lowest BCUT2D eigenvalue weighted by molar-refractivity contribution is -0.142. The number of carbonyl (C=O) groups is 4. The second-order valence-electron chi connectivity index (χ2n) is 7.00. The predicted molar refractivity (Wildman–Crippen MR) is 106 cm³/mol. The predicted octanol–water partition coefficient (Wildman–Crippen LogP) is 0.522. The van der Waals surface area contributed by atoms with Gasteiger partial charge in [0, 0.05) is 12.8 Å². The molecule has 0 aromatic heterocycles. The first-order valence-corrected chi connectivity index (χ1v) is 9.50. The average Bonchev–Trinajstić information content (AvgIpc) is 2.69. The van der Waals surface area contributed by atoms with Crippen LogP contribution in [0.5, 0.6) is 0 Å². The quantitative estimate of drug-likeness (QED) is 0.338. The van der Waals surface area contributed by atoms with Gasteiger partial charge >= 0.3 is 11.9 Å². The summed E-state index contributed by atoms with van der Waals surface area (Å²) in [6, 6.07) is 5.66. The number of benzene rings is 1. The minimum atomic E-state index is -1.19. The van der Waals surface area contributed by atoms with Crippen LogP contribution in [0.4, 0.5) is 0 Å². The lowest BCUT2D eigenvalue weighted by Crippen LogP contribution is -2.57. The van der Waals surface area contributed by atoms with E-state index in [0.29, 0.717) is 6.42 Å². The molecule has 6 N–H and O–H groups in total. The Morgan fingerprint density at radius 2 is 1.66 bits per heavy atom. The Kier molecular flexibility index (Phi) is 9.81. The maximum atomic E-state index is 12.7. The molecule has 160 valence electrons. The number of rotatable bonds is 12. The topological polar surface area (TPSA) is 159 Å². The number of aliphatic carboxylic acids is 2. The number of carboxylic acids is 2. The standard InChI is InChI=1S/C20H29N3O6/c1-3-12(2)17(23-18(26)14(21)9-10-16(24)25)19(27)22-15(20(28)29)11-13-7-5-4-6-8-13/h4-8,12,14-15,17H,3,9-11,21H2,1-2H3,(H,22,27)(H,23,26)(H,24,25)(H,28,29). The van der Waals surface area contributed by atoms with Crippen molar-refractivity contribution in [3.63, 3.8) is 0 Å². The van der Waals surface area contributed by atoms with Gasteiger partial charge in [0.25, 0.3) is 0 Å². The Hall–Kier alpha value is -2.94. The number of amides is 2. The fourth-order valence-corrected chi connectivity index (χ4v) is 2.68. The molecule has 4 atom stereocenters. The molecule has 0 aliphatic carbocycles. The molecule has 0 spiro atoms. The number of carbonyl (C=O) groups excluding carboxylic acids is 2. The molecule has 1 rings (SSSR count). The zero-order valence-corrected chi connectivity index (χ0v) is 16.6. The van der Waals surface area contributed by atoms with Crippen LogP contribution in [-0.2, 0) is 25.6 Å². The number of nitrogens with one attached hydrogen (secondary N) is 2. The molecular formula is C20H29N3O6. The van der Waals surface area contributed by atoms with E-state index in [1.54, 1.807) is 37.3 Å². The van der Waals surface area contributed by atoms with Crippen LogP contribution in [0.25, 0.3) is 0 Å². The zero-order valence-electron chi connectivity index (χ0n) is 16.6. The van der Waals surface area contributed by atoms with E-state index in [1.165, 1.54) is 0 Å². The lowest BCUT2D eigenvalue weighted by atomic mass is 9.96. The summed E-state index contributed by atoms with van der Waals surface area (Å²) in [6.45, 7) is 3.58. The molecule has 1 aromatic carbocycles. The van der Waals surface area contributed by atoms with Crippen molar-refractivity contribution in [1.82, 2.24) is 10.6 Å². The first-order valence-electron chi connectivity index (χ1n) is 9.50. The summed E-state index contributed by atoms with van der Waals surface area (Å²) < 4.78 is 0. The molecular weight excluding hydrogens is 378 g/mol. The lowest BCUT2D eigenvalue weighted by Gasteiger charge is -2.26. The van der Waals surface area contributed by atoms with Crippen LogP contribution in [0.2, 0.25) is 0 Å². The smallest absolute Gasteiger partial charge is 0.326 e. The third-order valence-corrected chi connectivity index (χ3v) is 4.70. The molecule has 29 heavy (non-hydrogen) atoms. The van der Waals surface area contributed by atoms with Crippen LogP contribution < -0.4 is 16.4 Å². The Morgan fingerprint density at radius 3 is 2.17 bits per heavy atom. The zero-order chi connectivity index (χ0) is 22.0. The van der Waals surface area contributed by atoms with E-state index in [0.717, 1.165) is 5.56 Å². The minimum Gasteiger partial charge on any atom is -0.481 e. The van der Waals surface area contributed by atoms with E-state index < -0.39 is 41.9 Å². The van der Waals surface area contributed by atoms with E-state index in [1.807, 2.05) is 6.92 Å². The first-order chi connectivity index (χ1) is 13.6. The van der Waals surface area contributed by atoms with Gasteiger partial charge in [0.2, 0.25) is 11.8 Å². The summed E-state index contributed by atoms with van der Waals surface area (Å²) in [5.41, 5.74) is 6.46. The Bertz CT molecular complexity index is 709. The van der Waals surface area contributed by atoms with Gasteiger partial charge < -0.3 is 26.6 Å². The molecule has 0 fully saturated rings. The van der Waals surface area contributed by atoms with E-state index in [2.05, 4.69) is 10.6 Å². The van der Waals surface area contributed by atoms with Gasteiger partial charge in [0.05, 0.1) is 6.04 Å². The normalized spacial score (nSPS) is 14.9. The summed E-state index contributed by atoms with van der Waals surface area (Å²) >= 11 is 0. The summed E-state index contributed by atoms with van der Waals surface area (Å²) in [4.78, 5) is 47.3. The molecule has 0 heterocycles. The summed E-state index contributed by atoms with van der Waals surface area (Å²) in [5.74, 6) is -3.82. The van der Waals surface area contributed by atoms with Gasteiger partial charge in [-0.05, 0) is 17.9 Å². The van der Waals surface area contributed by atoms with Crippen LogP contribution in [0.15, 0.2) is 30.3 Å². The van der Waals surface area contributed by atoms with Gasteiger partial charge in [-0.15, -0.1) is 0 Å². The largest absolute Gasteiger partial charge is 0.481 e. The average molecular weight is 407 g/mol. The van der Waals surface area contributed by atoms with Crippen LogP contribution in [0, 0.1) is 5.92 Å². The highest BCUT2D eigenvalue weighted by atomic mass is 16.4. The number of hydrogen-bond acceptors (Lipinski definition) is 5. The van der Waals surface area contributed by atoms with Gasteiger partial charge in [-0.2, -0.15) is 0 Å². The van der Waals surface area contributed by atoms with E-state index in [4.69, 9.17) is 10.8 Å². The van der Waals surface area contributed by atoms with Crippen LogP contribution in [-0.4, -0.2) is 52.1 Å². The monoisotopic (exact) mass is 407 g/mol. The first kappa shape index (κ1) is 24.1. The second-order valence-corrected chi connectivity index (χ2v) is 7.00. The molecule has 0 bridgehead atoms. The highest BCUT2D eigenvalue weighted by Gasteiger charge is 2.31. The number of carboxylic acid groups (broad SMARTS) is 2. The van der Waals surface area contributed by atoms with Crippen molar-refractivity contribution in [2.24, 2.45) is 11.7 Å². The molecule has 0 radical (unpaired) electrons. The molecule has 9 heteroatoms. The Balaban J connectivity index is 2.84. The maximum Gasteiger partial charge on any atom is 0.326 e. The van der Waals surface area contributed by atoms with E-state index in [-0.39, 0.29) is 25.2 Å². The van der Waals surface area contributed by atoms with Gasteiger partial charge in [0.1, 0.15) is 12.1 Å². The van der Waals surface area contributed by atoms with Crippen molar-refractivity contribution < 1.29 is 29.4 Å². The number of hydrogen-bond donors (Lipinski definition) is 5. The van der Waals surface area contributed by atoms with Gasteiger partial charge in [-0.3, -0.25) is 14.4 Å². The SMILES string of the molecule is CCC(C)C(NC(=O)C(N)CCC(=O)O)C(=O)NC(Cc1ccccc1)C(=O)O. The summed E-state index contributed by atoms with van der Waals surface area (Å²) in [5, 5.41) is 23.2. The maximum absolute atomic E-state index is 12.7. The van der Waals surface area contributed by atoms with Crippen molar-refractivity contribution in [3.8, 4) is 0 Å². The molecule has 1 aromatic rings. The molecule has 9 nitrogen and oxygen atoms in total. The molecule has 0 aliphatic heterocycles. The van der Waals surface area contributed by atoms with Crippen molar-refractivity contribution in [2.75, 3.05) is 0 Å². The van der Waals surface area contributed by atoms with E-state index >= 15 is 0 Å². The molecule has 4 unspecified atom stereocenters. The van der Waals surface area contributed by atoms with Gasteiger partial charge in [0.15, 0.2) is 0 Å². The summed E-state index contributed by atoms with van der Waals surface area (Å²) in [6.07, 6.45) is 0.315. The van der Waals surface area contributed by atoms with E-state index in [9.17, 15) is 24.3 Å². The van der Waals surface area contributed by atoms with Gasteiger partial charge in [-0.1, -0.05) is 50.6 Å². The Labute approximate surface area is 169 Å². The molecule has 0 saturated heterocycles. The number of nitrogens with two attached hydrogens (primary N) is 1. The fraction of sp³-hybridized carbons (Fsp3) is 0.500. The van der Waals surface area contributed by atoms with Crippen molar-refractivity contribution >= 4 is 23.8 Å². The molecule has 2 amide bonds. The highest BCUT2D eigenvalue weighted by molar-refractivity contribution is 5.92. The van der Waals surface area contributed by atoms with Crippen molar-refractivity contribution in [3.05, 3.63) is 35.9 Å². The molecule has 0 aliphatic rings. The summed E-state index contributed by atoms with van der Waals surface area (Å²) in [7, 11) is 0. The van der Waals surface area contributed by atoms with Crippen LogP contribution in [0.3, 0.4) is 0 Å². The third-order valence-electron chi connectivity index (χ3n) is 4.70. The van der Waals surface area contributed by atoms with Gasteiger partial charge in [-0.25, -0.2) is 4.79 Å². The highest BCUT2D eigenvalue weighted by Crippen LogP contribution is 2.11.